The van der Waals surface area contributed by atoms with E-state index >= 15 is 0 Å². The zero-order valence-electron chi connectivity index (χ0n) is 12.7. The van der Waals surface area contributed by atoms with E-state index in [2.05, 4.69) is 10.6 Å². The van der Waals surface area contributed by atoms with Gasteiger partial charge in [-0.15, -0.1) is 0 Å². The van der Waals surface area contributed by atoms with Gasteiger partial charge in [-0.3, -0.25) is 9.59 Å². The Morgan fingerprint density at radius 2 is 2.00 bits per heavy atom. The summed E-state index contributed by atoms with van der Waals surface area (Å²) in [6, 6.07) is 8.47. The summed E-state index contributed by atoms with van der Waals surface area (Å²) in [6.45, 7) is 0.826. The number of benzene rings is 1. The van der Waals surface area contributed by atoms with Crippen molar-refractivity contribution in [2.45, 2.75) is 18.9 Å². The molecule has 0 aliphatic carbocycles. The SMILES string of the molecule is N#Cc1ccc(NC(=O)COCC(=O)NC[C@@H]2CCCO2)cc1. The molecular formula is C16H19N3O4. The summed E-state index contributed by atoms with van der Waals surface area (Å²) in [5.41, 5.74) is 1.09. The highest BCUT2D eigenvalue weighted by atomic mass is 16.5. The van der Waals surface area contributed by atoms with Crippen LogP contribution in [0.15, 0.2) is 24.3 Å². The van der Waals surface area contributed by atoms with Crippen LogP contribution in [0.3, 0.4) is 0 Å². The van der Waals surface area contributed by atoms with E-state index in [1.54, 1.807) is 24.3 Å². The Morgan fingerprint density at radius 3 is 2.65 bits per heavy atom. The van der Waals surface area contributed by atoms with Gasteiger partial charge in [0.05, 0.1) is 17.7 Å². The number of anilines is 1. The first-order chi connectivity index (χ1) is 11.2. The second-order valence-corrected chi connectivity index (χ2v) is 5.17. The van der Waals surface area contributed by atoms with Crippen LogP contribution >= 0.6 is 0 Å². The molecule has 2 amide bonds. The van der Waals surface area contributed by atoms with Crippen LogP contribution in [0.1, 0.15) is 18.4 Å². The number of hydrogen-bond donors (Lipinski definition) is 2. The molecule has 0 bridgehead atoms. The number of ether oxygens (including phenoxy) is 2. The van der Waals surface area contributed by atoms with Crippen LogP contribution in [0.4, 0.5) is 5.69 Å². The van der Waals surface area contributed by atoms with E-state index in [4.69, 9.17) is 14.7 Å². The molecule has 1 aromatic rings. The summed E-state index contributed by atoms with van der Waals surface area (Å²) in [7, 11) is 0. The Hall–Kier alpha value is -2.43. The molecule has 122 valence electrons. The molecule has 23 heavy (non-hydrogen) atoms. The number of nitriles is 1. The minimum atomic E-state index is -0.360. The van der Waals surface area contributed by atoms with Crippen molar-refractivity contribution < 1.29 is 19.1 Å². The molecule has 1 aromatic carbocycles. The fourth-order valence-electron chi connectivity index (χ4n) is 2.15. The fourth-order valence-corrected chi connectivity index (χ4v) is 2.15. The minimum absolute atomic E-state index is 0.0821. The van der Waals surface area contributed by atoms with Gasteiger partial charge in [0.1, 0.15) is 13.2 Å². The highest BCUT2D eigenvalue weighted by Gasteiger charge is 2.16. The highest BCUT2D eigenvalue weighted by molar-refractivity contribution is 5.91. The van der Waals surface area contributed by atoms with Gasteiger partial charge in [0.2, 0.25) is 11.8 Å². The van der Waals surface area contributed by atoms with Gasteiger partial charge < -0.3 is 20.1 Å². The Bertz CT molecular complexity index is 574. The first kappa shape index (κ1) is 16.9. The van der Waals surface area contributed by atoms with Crippen LogP contribution in [0.25, 0.3) is 0 Å². The number of carbonyl (C=O) groups excluding carboxylic acids is 2. The topological polar surface area (TPSA) is 100 Å². The molecule has 1 fully saturated rings. The van der Waals surface area contributed by atoms with Crippen LogP contribution in [0.5, 0.6) is 0 Å². The van der Waals surface area contributed by atoms with E-state index in [1.807, 2.05) is 6.07 Å². The van der Waals surface area contributed by atoms with Gasteiger partial charge in [-0.25, -0.2) is 0 Å². The molecule has 2 N–H and O–H groups in total. The number of nitrogens with one attached hydrogen (secondary N) is 2. The lowest BCUT2D eigenvalue weighted by Crippen LogP contribution is -2.35. The monoisotopic (exact) mass is 317 g/mol. The van der Waals surface area contributed by atoms with Crippen LogP contribution < -0.4 is 10.6 Å². The van der Waals surface area contributed by atoms with Crippen LogP contribution in [-0.2, 0) is 19.1 Å². The van der Waals surface area contributed by atoms with E-state index in [1.165, 1.54) is 0 Å². The standard InChI is InChI=1S/C16H19N3O4/c17-8-12-3-5-13(6-4-12)19-16(21)11-22-10-15(20)18-9-14-2-1-7-23-14/h3-6,14H,1-2,7,9-11H2,(H,18,20)(H,19,21)/t14-/m0/s1. The average Bonchev–Trinajstić information content (AvgIpc) is 3.07. The molecular weight excluding hydrogens is 298 g/mol. The largest absolute Gasteiger partial charge is 0.376 e. The van der Waals surface area contributed by atoms with Crippen molar-refractivity contribution in [2.75, 3.05) is 31.7 Å². The number of hydrogen-bond acceptors (Lipinski definition) is 5. The third-order valence-electron chi connectivity index (χ3n) is 3.31. The van der Waals surface area contributed by atoms with Crippen LogP contribution in [-0.4, -0.2) is 44.3 Å². The highest BCUT2D eigenvalue weighted by Crippen LogP contribution is 2.10. The van der Waals surface area contributed by atoms with Crippen molar-refractivity contribution >= 4 is 17.5 Å². The Balaban J connectivity index is 1.60. The van der Waals surface area contributed by atoms with Crippen molar-refractivity contribution in [3.05, 3.63) is 29.8 Å². The van der Waals surface area contributed by atoms with Gasteiger partial charge in [0.25, 0.3) is 0 Å². The van der Waals surface area contributed by atoms with E-state index in [9.17, 15) is 9.59 Å². The van der Waals surface area contributed by atoms with Crippen LogP contribution in [0, 0.1) is 11.3 Å². The molecule has 2 rings (SSSR count). The molecule has 7 heteroatoms. The summed E-state index contributed by atoms with van der Waals surface area (Å²) in [4.78, 5) is 23.2. The summed E-state index contributed by atoms with van der Waals surface area (Å²) in [5.74, 6) is -0.631. The van der Waals surface area contributed by atoms with E-state index in [0.29, 0.717) is 17.8 Å². The lowest BCUT2D eigenvalue weighted by molar-refractivity contribution is -0.129. The zero-order valence-corrected chi connectivity index (χ0v) is 12.7. The number of carbonyl (C=O) groups is 2. The Labute approximate surface area is 134 Å². The summed E-state index contributed by atoms with van der Waals surface area (Å²) in [5, 5.41) is 14.0. The predicted molar refractivity (Wildman–Crippen MR) is 82.6 cm³/mol. The molecule has 1 saturated heterocycles. The van der Waals surface area contributed by atoms with E-state index in [0.717, 1.165) is 19.4 Å². The third-order valence-corrected chi connectivity index (χ3v) is 3.31. The second-order valence-electron chi connectivity index (χ2n) is 5.17. The molecule has 7 nitrogen and oxygen atoms in total. The number of amides is 2. The van der Waals surface area contributed by atoms with Gasteiger partial charge in [0, 0.05) is 18.8 Å². The van der Waals surface area contributed by atoms with Crippen molar-refractivity contribution in [1.29, 1.82) is 5.26 Å². The predicted octanol–water partition coefficient (Wildman–Crippen LogP) is 0.809. The second kappa shape index (κ2) is 8.88. The molecule has 0 radical (unpaired) electrons. The van der Waals surface area contributed by atoms with Crippen molar-refractivity contribution in [3.8, 4) is 6.07 Å². The summed E-state index contributed by atoms with van der Waals surface area (Å²) < 4.78 is 10.5. The third kappa shape index (κ3) is 6.06. The summed E-state index contributed by atoms with van der Waals surface area (Å²) >= 11 is 0. The molecule has 0 aromatic heterocycles. The molecule has 1 aliphatic rings. The fraction of sp³-hybridized carbons (Fsp3) is 0.438. The van der Waals surface area contributed by atoms with Gasteiger partial charge in [-0.1, -0.05) is 0 Å². The first-order valence-electron chi connectivity index (χ1n) is 7.43. The van der Waals surface area contributed by atoms with Gasteiger partial charge >= 0.3 is 0 Å². The molecule has 1 atom stereocenters. The quantitative estimate of drug-likeness (QED) is 0.775. The first-order valence-corrected chi connectivity index (χ1v) is 7.43. The maximum Gasteiger partial charge on any atom is 0.250 e. The van der Waals surface area contributed by atoms with Crippen molar-refractivity contribution in [2.24, 2.45) is 0 Å². The maximum absolute atomic E-state index is 11.7. The molecule has 1 aliphatic heterocycles. The van der Waals surface area contributed by atoms with Gasteiger partial charge in [-0.05, 0) is 37.1 Å². The smallest absolute Gasteiger partial charge is 0.250 e. The lowest BCUT2D eigenvalue weighted by atomic mass is 10.2. The molecule has 0 spiro atoms. The van der Waals surface area contributed by atoms with Gasteiger partial charge in [-0.2, -0.15) is 5.26 Å². The zero-order chi connectivity index (χ0) is 16.5. The molecule has 0 unspecified atom stereocenters. The van der Waals surface area contributed by atoms with Gasteiger partial charge in [0.15, 0.2) is 0 Å². The Kier molecular flexibility index (Phi) is 6.54. The number of rotatable bonds is 7. The normalized spacial score (nSPS) is 16.6. The van der Waals surface area contributed by atoms with E-state index in [-0.39, 0.29) is 31.1 Å². The van der Waals surface area contributed by atoms with Crippen molar-refractivity contribution in [3.63, 3.8) is 0 Å². The molecule has 1 heterocycles. The van der Waals surface area contributed by atoms with Crippen LogP contribution in [0.2, 0.25) is 0 Å². The summed E-state index contributed by atoms with van der Waals surface area (Å²) in [6.07, 6.45) is 2.05. The molecule has 0 saturated carbocycles. The minimum Gasteiger partial charge on any atom is -0.376 e. The average molecular weight is 317 g/mol. The Morgan fingerprint density at radius 1 is 1.26 bits per heavy atom. The maximum atomic E-state index is 11.7. The van der Waals surface area contributed by atoms with Crippen molar-refractivity contribution in [1.82, 2.24) is 5.32 Å². The van der Waals surface area contributed by atoms with E-state index < -0.39 is 0 Å². The lowest BCUT2D eigenvalue weighted by Gasteiger charge is -2.11. The number of nitrogens with zero attached hydrogens (tertiary/aromatic N) is 1.